The molecule has 0 aliphatic carbocycles. The first-order valence-corrected chi connectivity index (χ1v) is 4.03. The Labute approximate surface area is 89.8 Å². The van der Waals surface area contributed by atoms with Gasteiger partial charge < -0.3 is 5.21 Å². The molecule has 0 atom stereocenters. The van der Waals surface area contributed by atoms with Crippen molar-refractivity contribution in [3.05, 3.63) is 33.3 Å². The zero-order valence-corrected chi connectivity index (χ0v) is 9.03. The van der Waals surface area contributed by atoms with Crippen molar-refractivity contribution in [2.24, 2.45) is 5.16 Å². The fraction of sp³-hybridized carbons (Fsp3) is 0. The summed E-state index contributed by atoms with van der Waals surface area (Å²) < 4.78 is 0.900. The normalized spacial score (nSPS) is 9.83. The highest BCUT2D eigenvalue weighted by molar-refractivity contribution is 9.10. The SMILES string of the molecule is Cl.ON=Cc1cc(Br)ccc1Cl. The van der Waals surface area contributed by atoms with E-state index in [1.807, 2.05) is 6.07 Å². The predicted molar refractivity (Wildman–Crippen MR) is 55.8 cm³/mol. The fourth-order valence-corrected chi connectivity index (χ4v) is 1.22. The molecule has 1 N–H and O–H groups in total. The molecule has 1 rings (SSSR count). The Bertz CT molecular complexity index is 291. The molecule has 0 aliphatic rings. The van der Waals surface area contributed by atoms with E-state index in [0.29, 0.717) is 10.6 Å². The number of rotatable bonds is 1. The Morgan fingerprint density at radius 2 is 2.17 bits per heavy atom. The van der Waals surface area contributed by atoms with Gasteiger partial charge in [0.2, 0.25) is 0 Å². The van der Waals surface area contributed by atoms with Gasteiger partial charge in [0.15, 0.2) is 0 Å². The molecule has 0 aliphatic heterocycles. The predicted octanol–water partition coefficient (Wildman–Crippen LogP) is 3.33. The fourth-order valence-electron chi connectivity index (χ4n) is 0.676. The smallest absolute Gasteiger partial charge is 0.0749 e. The van der Waals surface area contributed by atoms with Crippen LogP contribution in [-0.4, -0.2) is 11.4 Å². The Morgan fingerprint density at radius 1 is 1.50 bits per heavy atom. The molecule has 0 unspecified atom stereocenters. The number of nitrogens with zero attached hydrogens (tertiary/aromatic N) is 1. The van der Waals surface area contributed by atoms with Crippen LogP contribution in [0.5, 0.6) is 0 Å². The topological polar surface area (TPSA) is 32.6 Å². The molecule has 0 amide bonds. The average molecular weight is 271 g/mol. The van der Waals surface area contributed by atoms with E-state index in [1.165, 1.54) is 6.21 Å². The van der Waals surface area contributed by atoms with E-state index in [2.05, 4.69) is 21.1 Å². The number of hydrogen-bond acceptors (Lipinski definition) is 2. The highest BCUT2D eigenvalue weighted by Gasteiger charge is 1.96. The van der Waals surface area contributed by atoms with Crippen LogP contribution in [0.25, 0.3) is 0 Å². The van der Waals surface area contributed by atoms with Gasteiger partial charge in [-0.25, -0.2) is 0 Å². The molecule has 2 nitrogen and oxygen atoms in total. The van der Waals surface area contributed by atoms with Crippen molar-refractivity contribution in [1.29, 1.82) is 0 Å². The quantitative estimate of drug-likeness (QED) is 0.474. The van der Waals surface area contributed by atoms with Gasteiger partial charge in [0.05, 0.1) is 6.21 Å². The molecule has 0 aromatic heterocycles. The van der Waals surface area contributed by atoms with E-state index in [0.717, 1.165) is 4.47 Å². The van der Waals surface area contributed by atoms with Crippen LogP contribution in [0.15, 0.2) is 27.8 Å². The molecule has 5 heteroatoms. The minimum atomic E-state index is 0. The van der Waals surface area contributed by atoms with Gasteiger partial charge in [0.1, 0.15) is 0 Å². The first kappa shape index (κ1) is 11.8. The summed E-state index contributed by atoms with van der Waals surface area (Å²) in [6, 6.07) is 5.31. The number of halogens is 3. The van der Waals surface area contributed by atoms with Crippen molar-refractivity contribution in [2.45, 2.75) is 0 Å². The summed E-state index contributed by atoms with van der Waals surface area (Å²) in [5, 5.41) is 11.7. The maximum Gasteiger partial charge on any atom is 0.0749 e. The molecular weight excluding hydrogens is 265 g/mol. The largest absolute Gasteiger partial charge is 0.411 e. The van der Waals surface area contributed by atoms with Gasteiger partial charge in [-0.2, -0.15) is 0 Å². The Hall–Kier alpha value is -0.250. The standard InChI is InChI=1S/C7H5BrClNO.ClH/c8-6-1-2-7(9)5(3-6)4-10-11;/h1-4,11H;1H. The second-order valence-electron chi connectivity index (χ2n) is 1.91. The van der Waals surface area contributed by atoms with E-state index in [4.69, 9.17) is 16.8 Å². The molecule has 12 heavy (non-hydrogen) atoms. The maximum absolute atomic E-state index is 8.23. The summed E-state index contributed by atoms with van der Waals surface area (Å²) in [6.07, 6.45) is 1.28. The van der Waals surface area contributed by atoms with Crippen molar-refractivity contribution in [3.8, 4) is 0 Å². The lowest BCUT2D eigenvalue weighted by atomic mass is 10.2. The van der Waals surface area contributed by atoms with Crippen molar-refractivity contribution in [1.82, 2.24) is 0 Å². The third kappa shape index (κ3) is 3.01. The van der Waals surface area contributed by atoms with Crippen molar-refractivity contribution < 1.29 is 5.21 Å². The van der Waals surface area contributed by atoms with Gasteiger partial charge in [0, 0.05) is 15.1 Å². The van der Waals surface area contributed by atoms with E-state index >= 15 is 0 Å². The molecule has 0 radical (unpaired) electrons. The lowest BCUT2D eigenvalue weighted by molar-refractivity contribution is 0.322. The molecule has 0 bridgehead atoms. The van der Waals surface area contributed by atoms with Gasteiger partial charge in [-0.05, 0) is 18.2 Å². The lowest BCUT2D eigenvalue weighted by Crippen LogP contribution is -1.82. The van der Waals surface area contributed by atoms with Crippen molar-refractivity contribution in [3.63, 3.8) is 0 Å². The molecule has 1 aromatic carbocycles. The van der Waals surface area contributed by atoms with Crippen LogP contribution in [0.2, 0.25) is 5.02 Å². The summed E-state index contributed by atoms with van der Waals surface area (Å²) in [4.78, 5) is 0. The zero-order valence-electron chi connectivity index (χ0n) is 5.87. The van der Waals surface area contributed by atoms with Crippen LogP contribution in [0.3, 0.4) is 0 Å². The summed E-state index contributed by atoms with van der Waals surface area (Å²) >= 11 is 9.02. The van der Waals surface area contributed by atoms with E-state index in [-0.39, 0.29) is 12.4 Å². The Balaban J connectivity index is 0.00000121. The summed E-state index contributed by atoms with van der Waals surface area (Å²) in [7, 11) is 0. The van der Waals surface area contributed by atoms with Crippen LogP contribution in [-0.2, 0) is 0 Å². The van der Waals surface area contributed by atoms with Gasteiger partial charge in [-0.3, -0.25) is 0 Å². The molecule has 66 valence electrons. The zero-order chi connectivity index (χ0) is 8.27. The summed E-state index contributed by atoms with van der Waals surface area (Å²) in [5.41, 5.74) is 0.684. The lowest BCUT2D eigenvalue weighted by Gasteiger charge is -1.96. The minimum Gasteiger partial charge on any atom is -0.411 e. The van der Waals surface area contributed by atoms with Crippen LogP contribution in [0, 0.1) is 0 Å². The molecule has 1 aromatic rings. The van der Waals surface area contributed by atoms with Gasteiger partial charge in [-0.1, -0.05) is 32.7 Å². The average Bonchev–Trinajstić information content (AvgIpc) is 1.98. The van der Waals surface area contributed by atoms with Gasteiger partial charge in [-0.15, -0.1) is 12.4 Å². The van der Waals surface area contributed by atoms with Crippen molar-refractivity contribution in [2.75, 3.05) is 0 Å². The minimum absolute atomic E-state index is 0. The molecule has 0 heterocycles. The highest BCUT2D eigenvalue weighted by atomic mass is 79.9. The molecule has 0 spiro atoms. The third-order valence-corrected chi connectivity index (χ3v) is 1.99. The van der Waals surface area contributed by atoms with Crippen LogP contribution < -0.4 is 0 Å². The molecule has 0 fully saturated rings. The Morgan fingerprint density at radius 3 is 2.75 bits per heavy atom. The second-order valence-corrected chi connectivity index (χ2v) is 3.23. The number of oxime groups is 1. The first-order chi connectivity index (χ1) is 5.24. The molecule has 0 saturated carbocycles. The second kappa shape index (κ2) is 5.41. The van der Waals surface area contributed by atoms with E-state index in [1.54, 1.807) is 12.1 Å². The maximum atomic E-state index is 8.23. The van der Waals surface area contributed by atoms with Crippen LogP contribution in [0.4, 0.5) is 0 Å². The third-order valence-electron chi connectivity index (χ3n) is 1.15. The first-order valence-electron chi connectivity index (χ1n) is 2.86. The van der Waals surface area contributed by atoms with Crippen molar-refractivity contribution >= 4 is 46.2 Å². The highest BCUT2D eigenvalue weighted by Crippen LogP contribution is 2.19. The molecular formula is C7H6BrCl2NO. The molecule has 0 saturated heterocycles. The van der Waals surface area contributed by atoms with Crippen LogP contribution in [0.1, 0.15) is 5.56 Å². The van der Waals surface area contributed by atoms with E-state index < -0.39 is 0 Å². The number of benzene rings is 1. The van der Waals surface area contributed by atoms with Gasteiger partial charge in [0.25, 0.3) is 0 Å². The monoisotopic (exact) mass is 269 g/mol. The summed E-state index contributed by atoms with van der Waals surface area (Å²) in [6.45, 7) is 0. The number of hydrogen-bond donors (Lipinski definition) is 1. The van der Waals surface area contributed by atoms with E-state index in [9.17, 15) is 0 Å². The Kier molecular flexibility index (Phi) is 5.29. The van der Waals surface area contributed by atoms with Crippen LogP contribution >= 0.6 is 39.9 Å². The van der Waals surface area contributed by atoms with Gasteiger partial charge >= 0.3 is 0 Å². The summed E-state index contributed by atoms with van der Waals surface area (Å²) in [5.74, 6) is 0.